The Hall–Kier alpha value is -2.65. The van der Waals surface area contributed by atoms with Crippen LogP contribution in [-0.4, -0.2) is 35.3 Å². The van der Waals surface area contributed by atoms with E-state index in [1.165, 1.54) is 18.3 Å². The molecule has 0 radical (unpaired) electrons. The quantitative estimate of drug-likeness (QED) is 0.638. The molecule has 0 aliphatic heterocycles. The second-order valence-corrected chi connectivity index (χ2v) is 6.63. The van der Waals surface area contributed by atoms with Gasteiger partial charge in [0.25, 0.3) is 5.91 Å². The minimum atomic E-state index is -0.734. The lowest BCUT2D eigenvalue weighted by molar-refractivity contribution is 0.0873. The lowest BCUT2D eigenvalue weighted by Crippen LogP contribution is -2.38. The molecule has 6 heteroatoms. The van der Waals surface area contributed by atoms with Crippen LogP contribution in [0.2, 0.25) is 0 Å². The summed E-state index contributed by atoms with van der Waals surface area (Å²) in [6, 6.07) is 4.12. The predicted molar refractivity (Wildman–Crippen MR) is 96.2 cm³/mol. The molecule has 0 saturated heterocycles. The summed E-state index contributed by atoms with van der Waals surface area (Å²) >= 11 is 0. The van der Waals surface area contributed by atoms with Crippen LogP contribution in [0, 0.1) is 24.1 Å². The molecule has 1 aromatic heterocycles. The molecular weight excluding hydrogens is 335 g/mol. The topological polar surface area (TPSA) is 71.5 Å². The number of fused-ring (bicyclic) bond motifs is 1. The molecule has 1 heterocycles. The minimum absolute atomic E-state index is 0.110. The summed E-state index contributed by atoms with van der Waals surface area (Å²) in [7, 11) is 0. The number of carbonyl (C=O) groups excluding carboxylic acids is 1. The molecule has 0 unspecified atom stereocenters. The number of ether oxygens (including phenoxy) is 1. The Labute approximate surface area is 151 Å². The number of pyridine rings is 1. The molecule has 3 rings (SSSR count). The van der Waals surface area contributed by atoms with Gasteiger partial charge in [0, 0.05) is 23.7 Å². The fourth-order valence-corrected chi connectivity index (χ4v) is 3.29. The number of phenolic OH excluding ortho intramolecular Hbond substituents is 1. The standard InChI is InChI=1S/C20H21FN2O3/c1-2-7-26-12-13-3-5-16(6-4-13)23-20(25)15-8-14-9-17(21)19(24)10-18(14)22-11-15/h1,8-11,13,16,24H,3-7,12H2,(H,23,25)/t13-,16-. The van der Waals surface area contributed by atoms with Gasteiger partial charge in [-0.1, -0.05) is 5.92 Å². The number of halogens is 1. The van der Waals surface area contributed by atoms with Crippen molar-refractivity contribution in [3.05, 3.63) is 35.8 Å². The third kappa shape index (κ3) is 4.30. The maximum Gasteiger partial charge on any atom is 0.253 e. The highest BCUT2D eigenvalue weighted by Crippen LogP contribution is 2.26. The number of hydrogen-bond acceptors (Lipinski definition) is 4. The molecule has 136 valence electrons. The van der Waals surface area contributed by atoms with Crippen molar-refractivity contribution >= 4 is 16.8 Å². The van der Waals surface area contributed by atoms with Crippen LogP contribution >= 0.6 is 0 Å². The molecule has 2 N–H and O–H groups in total. The number of nitrogens with zero attached hydrogens (tertiary/aromatic N) is 1. The number of aromatic nitrogens is 1. The molecule has 1 aromatic carbocycles. The van der Waals surface area contributed by atoms with Crippen LogP contribution in [0.4, 0.5) is 4.39 Å². The van der Waals surface area contributed by atoms with E-state index in [4.69, 9.17) is 11.2 Å². The van der Waals surface area contributed by atoms with E-state index < -0.39 is 11.6 Å². The Balaban J connectivity index is 1.58. The van der Waals surface area contributed by atoms with Gasteiger partial charge in [-0.2, -0.15) is 0 Å². The van der Waals surface area contributed by atoms with Crippen molar-refractivity contribution in [3.63, 3.8) is 0 Å². The van der Waals surface area contributed by atoms with E-state index in [0.29, 0.717) is 35.6 Å². The van der Waals surface area contributed by atoms with Gasteiger partial charge >= 0.3 is 0 Å². The number of hydrogen-bond donors (Lipinski definition) is 2. The summed E-state index contributed by atoms with van der Waals surface area (Å²) in [4.78, 5) is 16.6. The van der Waals surface area contributed by atoms with E-state index in [1.54, 1.807) is 6.07 Å². The molecule has 5 nitrogen and oxygen atoms in total. The van der Waals surface area contributed by atoms with Crippen molar-refractivity contribution in [2.24, 2.45) is 5.92 Å². The van der Waals surface area contributed by atoms with Crippen LogP contribution in [0.15, 0.2) is 24.4 Å². The number of phenols is 1. The van der Waals surface area contributed by atoms with E-state index in [9.17, 15) is 14.3 Å². The maximum atomic E-state index is 13.5. The highest BCUT2D eigenvalue weighted by Gasteiger charge is 2.23. The zero-order valence-electron chi connectivity index (χ0n) is 14.4. The number of rotatable bonds is 5. The number of amides is 1. The minimum Gasteiger partial charge on any atom is -0.505 e. The van der Waals surface area contributed by atoms with Gasteiger partial charge in [-0.15, -0.1) is 6.42 Å². The van der Waals surface area contributed by atoms with E-state index in [0.717, 1.165) is 25.7 Å². The first-order valence-electron chi connectivity index (χ1n) is 8.67. The number of carbonyl (C=O) groups is 1. The van der Waals surface area contributed by atoms with Gasteiger partial charge in [0.15, 0.2) is 11.6 Å². The zero-order valence-corrected chi connectivity index (χ0v) is 14.4. The summed E-state index contributed by atoms with van der Waals surface area (Å²) in [6.45, 7) is 1.00. The van der Waals surface area contributed by atoms with Crippen LogP contribution < -0.4 is 5.32 Å². The molecule has 1 fully saturated rings. The van der Waals surface area contributed by atoms with Gasteiger partial charge in [-0.05, 0) is 43.7 Å². The van der Waals surface area contributed by atoms with Crippen LogP contribution in [0.5, 0.6) is 5.75 Å². The van der Waals surface area contributed by atoms with Gasteiger partial charge in [-0.3, -0.25) is 9.78 Å². The molecule has 26 heavy (non-hydrogen) atoms. The molecule has 0 bridgehead atoms. The van der Waals surface area contributed by atoms with Crippen molar-refractivity contribution in [2.45, 2.75) is 31.7 Å². The van der Waals surface area contributed by atoms with Crippen molar-refractivity contribution in [1.29, 1.82) is 0 Å². The first kappa shape index (κ1) is 18.2. The fraction of sp³-hybridized carbons (Fsp3) is 0.400. The predicted octanol–water partition coefficient (Wildman–Crippen LogP) is 3.02. The Morgan fingerprint density at radius 3 is 2.85 bits per heavy atom. The molecule has 0 atom stereocenters. The molecule has 1 amide bonds. The van der Waals surface area contributed by atoms with Crippen LogP contribution in [-0.2, 0) is 4.74 Å². The summed E-state index contributed by atoms with van der Waals surface area (Å²) in [6.07, 6.45) is 10.3. The van der Waals surface area contributed by atoms with Gasteiger partial charge in [0.05, 0.1) is 17.7 Å². The number of aromatic hydroxyl groups is 1. The van der Waals surface area contributed by atoms with Gasteiger partial charge in [-0.25, -0.2) is 4.39 Å². The van der Waals surface area contributed by atoms with E-state index in [-0.39, 0.29) is 11.9 Å². The largest absolute Gasteiger partial charge is 0.505 e. The van der Waals surface area contributed by atoms with E-state index in [2.05, 4.69) is 16.2 Å². The normalized spacial score (nSPS) is 19.8. The van der Waals surface area contributed by atoms with E-state index >= 15 is 0 Å². The zero-order chi connectivity index (χ0) is 18.5. The molecule has 1 aliphatic rings. The third-order valence-electron chi connectivity index (χ3n) is 4.73. The summed E-state index contributed by atoms with van der Waals surface area (Å²) in [5.41, 5.74) is 0.815. The highest BCUT2D eigenvalue weighted by molar-refractivity contribution is 5.97. The molecular formula is C20H21FN2O3. The average Bonchev–Trinajstić information content (AvgIpc) is 2.64. The van der Waals surface area contributed by atoms with Gasteiger partial charge in [0.1, 0.15) is 6.61 Å². The SMILES string of the molecule is C#CCOC[C@H]1CC[C@H](NC(=O)c2cnc3cc(O)c(F)cc3c2)CC1. The number of benzene rings is 1. The van der Waals surface area contributed by atoms with Gasteiger partial charge < -0.3 is 15.2 Å². The van der Waals surface area contributed by atoms with Crippen molar-refractivity contribution in [3.8, 4) is 18.1 Å². The Morgan fingerprint density at radius 2 is 2.12 bits per heavy atom. The smallest absolute Gasteiger partial charge is 0.253 e. The Kier molecular flexibility index (Phi) is 5.69. The second kappa shape index (κ2) is 8.15. The average molecular weight is 356 g/mol. The summed E-state index contributed by atoms with van der Waals surface area (Å²) in [5, 5.41) is 12.9. The van der Waals surface area contributed by atoms with Gasteiger partial charge in [0.2, 0.25) is 0 Å². The monoisotopic (exact) mass is 356 g/mol. The Bertz CT molecular complexity index is 839. The molecule has 1 saturated carbocycles. The lowest BCUT2D eigenvalue weighted by Gasteiger charge is -2.28. The Morgan fingerprint density at radius 1 is 1.35 bits per heavy atom. The first-order valence-corrected chi connectivity index (χ1v) is 8.67. The van der Waals surface area contributed by atoms with Crippen molar-refractivity contribution < 1.29 is 19.0 Å². The van der Waals surface area contributed by atoms with Crippen LogP contribution in [0.3, 0.4) is 0 Å². The van der Waals surface area contributed by atoms with Crippen molar-refractivity contribution in [2.75, 3.05) is 13.2 Å². The first-order chi connectivity index (χ1) is 12.6. The lowest BCUT2D eigenvalue weighted by atomic mass is 9.86. The number of terminal acetylenes is 1. The van der Waals surface area contributed by atoms with E-state index in [1.807, 2.05) is 0 Å². The fourth-order valence-electron chi connectivity index (χ4n) is 3.29. The number of nitrogens with one attached hydrogen (secondary N) is 1. The summed E-state index contributed by atoms with van der Waals surface area (Å²) in [5.74, 6) is 1.53. The molecule has 1 aliphatic carbocycles. The van der Waals surface area contributed by atoms with Crippen LogP contribution in [0.25, 0.3) is 10.9 Å². The second-order valence-electron chi connectivity index (χ2n) is 6.63. The maximum absolute atomic E-state index is 13.5. The van der Waals surface area contributed by atoms with Crippen molar-refractivity contribution in [1.82, 2.24) is 10.3 Å². The molecule has 2 aromatic rings. The van der Waals surface area contributed by atoms with Crippen LogP contribution in [0.1, 0.15) is 36.0 Å². The highest BCUT2D eigenvalue weighted by atomic mass is 19.1. The molecule has 0 spiro atoms. The summed E-state index contributed by atoms with van der Waals surface area (Å²) < 4.78 is 18.9. The third-order valence-corrected chi connectivity index (χ3v) is 4.73.